The van der Waals surface area contributed by atoms with E-state index < -0.39 is 0 Å². The van der Waals surface area contributed by atoms with Crippen molar-refractivity contribution in [1.82, 2.24) is 5.32 Å². The number of carbonyl (C=O) groups is 1. The fraction of sp³-hybridized carbons (Fsp3) is 0.133. The number of rotatable bonds is 4. The zero-order valence-corrected chi connectivity index (χ0v) is 11.0. The highest BCUT2D eigenvalue weighted by Crippen LogP contribution is 2.24. The lowest BCUT2D eigenvalue weighted by molar-refractivity contribution is 0.0963. The normalized spacial score (nSPS) is 10.1. The van der Waals surface area contributed by atoms with E-state index >= 15 is 0 Å². The number of anilines is 1. The van der Waals surface area contributed by atoms with Gasteiger partial charge in [-0.1, -0.05) is 18.2 Å². The molecule has 0 aliphatic rings. The van der Waals surface area contributed by atoms with Crippen LogP contribution in [0.5, 0.6) is 5.75 Å². The number of halogens is 1. The predicted octanol–water partition coefficient (Wildman–Crippen LogP) is 2.35. The Bertz CT molecular complexity index is 629. The SMILES string of the molecule is CNC(=O)c1ccc(OCc2ccccc2F)c(N)c1. The van der Waals surface area contributed by atoms with Gasteiger partial charge in [-0.3, -0.25) is 4.79 Å². The lowest BCUT2D eigenvalue weighted by atomic mass is 10.1. The van der Waals surface area contributed by atoms with E-state index in [1.54, 1.807) is 37.4 Å². The molecule has 0 heterocycles. The molecule has 0 aliphatic heterocycles. The Hall–Kier alpha value is -2.56. The van der Waals surface area contributed by atoms with E-state index in [2.05, 4.69) is 5.32 Å². The maximum absolute atomic E-state index is 13.4. The third-order valence-corrected chi connectivity index (χ3v) is 2.84. The second-order valence-electron chi connectivity index (χ2n) is 4.21. The molecule has 0 fully saturated rings. The Kier molecular flexibility index (Phi) is 4.20. The molecule has 1 amide bonds. The Morgan fingerprint density at radius 1 is 1.30 bits per heavy atom. The first-order valence-electron chi connectivity index (χ1n) is 6.09. The van der Waals surface area contributed by atoms with Crippen molar-refractivity contribution >= 4 is 11.6 Å². The molecule has 104 valence electrons. The smallest absolute Gasteiger partial charge is 0.251 e. The van der Waals surface area contributed by atoms with Crippen LogP contribution in [0.3, 0.4) is 0 Å². The molecule has 3 N–H and O–H groups in total. The van der Waals surface area contributed by atoms with Crippen LogP contribution in [-0.2, 0) is 6.61 Å². The Labute approximate surface area is 116 Å². The minimum atomic E-state index is -0.326. The number of nitrogens with one attached hydrogen (secondary N) is 1. The van der Waals surface area contributed by atoms with Crippen LogP contribution in [0.2, 0.25) is 0 Å². The highest BCUT2D eigenvalue weighted by atomic mass is 19.1. The van der Waals surface area contributed by atoms with Crippen molar-refractivity contribution in [3.63, 3.8) is 0 Å². The van der Waals surface area contributed by atoms with E-state index in [9.17, 15) is 9.18 Å². The van der Waals surface area contributed by atoms with E-state index in [1.165, 1.54) is 12.1 Å². The minimum Gasteiger partial charge on any atom is -0.487 e. The van der Waals surface area contributed by atoms with Gasteiger partial charge in [0.2, 0.25) is 0 Å². The maximum atomic E-state index is 13.4. The number of amides is 1. The zero-order chi connectivity index (χ0) is 14.5. The summed E-state index contributed by atoms with van der Waals surface area (Å²) in [5.41, 5.74) is 7.05. The number of hydrogen-bond donors (Lipinski definition) is 2. The average Bonchev–Trinajstić information content (AvgIpc) is 2.46. The zero-order valence-electron chi connectivity index (χ0n) is 11.0. The van der Waals surface area contributed by atoms with Crippen LogP contribution in [0.15, 0.2) is 42.5 Å². The van der Waals surface area contributed by atoms with Crippen molar-refractivity contribution < 1.29 is 13.9 Å². The van der Waals surface area contributed by atoms with E-state index in [0.717, 1.165) is 0 Å². The summed E-state index contributed by atoms with van der Waals surface area (Å²) in [6, 6.07) is 11.1. The molecule has 2 aromatic rings. The second kappa shape index (κ2) is 6.06. The molecule has 2 aromatic carbocycles. The van der Waals surface area contributed by atoms with Crippen LogP contribution in [0.1, 0.15) is 15.9 Å². The molecule has 0 aliphatic carbocycles. The monoisotopic (exact) mass is 274 g/mol. The standard InChI is InChI=1S/C15H15FN2O2/c1-18-15(19)10-6-7-14(13(17)8-10)20-9-11-4-2-3-5-12(11)16/h2-8H,9,17H2,1H3,(H,18,19). The van der Waals surface area contributed by atoms with Gasteiger partial charge in [-0.25, -0.2) is 4.39 Å². The van der Waals surface area contributed by atoms with E-state index in [0.29, 0.717) is 22.6 Å². The molecule has 0 radical (unpaired) electrons. The van der Waals surface area contributed by atoms with E-state index in [4.69, 9.17) is 10.5 Å². The first-order valence-corrected chi connectivity index (χ1v) is 6.09. The average molecular weight is 274 g/mol. The largest absolute Gasteiger partial charge is 0.487 e. The Morgan fingerprint density at radius 2 is 2.05 bits per heavy atom. The maximum Gasteiger partial charge on any atom is 0.251 e. The van der Waals surface area contributed by atoms with Crippen LogP contribution in [0.25, 0.3) is 0 Å². The number of carbonyl (C=O) groups excluding carboxylic acids is 1. The van der Waals surface area contributed by atoms with Crippen molar-refractivity contribution in [2.45, 2.75) is 6.61 Å². The first-order chi connectivity index (χ1) is 9.61. The summed E-state index contributed by atoms with van der Waals surface area (Å²) in [5.74, 6) is -0.133. The number of ether oxygens (including phenoxy) is 1. The van der Waals surface area contributed by atoms with E-state index in [-0.39, 0.29) is 18.3 Å². The number of nitrogens with two attached hydrogens (primary N) is 1. The quantitative estimate of drug-likeness (QED) is 0.841. The van der Waals surface area contributed by atoms with Crippen LogP contribution in [-0.4, -0.2) is 13.0 Å². The molecule has 0 saturated heterocycles. The van der Waals surface area contributed by atoms with Crippen LogP contribution < -0.4 is 15.8 Å². The molecule has 0 unspecified atom stereocenters. The fourth-order valence-corrected chi connectivity index (χ4v) is 1.74. The molecule has 0 bridgehead atoms. The van der Waals surface area contributed by atoms with Crippen molar-refractivity contribution in [2.24, 2.45) is 0 Å². The molecule has 0 atom stereocenters. The van der Waals surface area contributed by atoms with Gasteiger partial charge in [0.1, 0.15) is 18.2 Å². The summed E-state index contributed by atoms with van der Waals surface area (Å²) in [5, 5.41) is 2.51. The highest BCUT2D eigenvalue weighted by molar-refractivity contribution is 5.95. The highest BCUT2D eigenvalue weighted by Gasteiger charge is 2.08. The molecular weight excluding hydrogens is 259 g/mol. The van der Waals surface area contributed by atoms with Gasteiger partial charge in [-0.15, -0.1) is 0 Å². The van der Waals surface area contributed by atoms with Gasteiger partial charge >= 0.3 is 0 Å². The third-order valence-electron chi connectivity index (χ3n) is 2.84. The fourth-order valence-electron chi connectivity index (χ4n) is 1.74. The molecule has 5 heteroatoms. The molecule has 0 spiro atoms. The number of benzene rings is 2. The minimum absolute atomic E-state index is 0.0796. The summed E-state index contributed by atoms with van der Waals surface area (Å²) in [4.78, 5) is 11.4. The first kappa shape index (κ1) is 13.9. The second-order valence-corrected chi connectivity index (χ2v) is 4.21. The lowest BCUT2D eigenvalue weighted by Crippen LogP contribution is -2.17. The van der Waals surface area contributed by atoms with Gasteiger partial charge in [0.15, 0.2) is 0 Å². The summed E-state index contributed by atoms with van der Waals surface area (Å²) in [6.45, 7) is 0.0796. The van der Waals surface area contributed by atoms with Gasteiger partial charge in [0.25, 0.3) is 5.91 Å². The van der Waals surface area contributed by atoms with Crippen molar-refractivity contribution in [3.05, 3.63) is 59.4 Å². The summed E-state index contributed by atoms with van der Waals surface area (Å²) in [7, 11) is 1.54. The topological polar surface area (TPSA) is 64.3 Å². The Morgan fingerprint density at radius 3 is 2.70 bits per heavy atom. The Balaban J connectivity index is 2.11. The van der Waals surface area contributed by atoms with Crippen molar-refractivity contribution in [3.8, 4) is 5.75 Å². The van der Waals surface area contributed by atoms with Crippen LogP contribution in [0, 0.1) is 5.82 Å². The number of nitrogen functional groups attached to an aromatic ring is 1. The van der Waals surface area contributed by atoms with Crippen molar-refractivity contribution in [2.75, 3.05) is 12.8 Å². The summed E-state index contributed by atoms with van der Waals surface area (Å²) < 4.78 is 18.9. The van der Waals surface area contributed by atoms with Gasteiger partial charge in [-0.2, -0.15) is 0 Å². The molecule has 2 rings (SSSR count). The summed E-state index contributed by atoms with van der Waals surface area (Å²) in [6.07, 6.45) is 0. The molecule has 20 heavy (non-hydrogen) atoms. The van der Waals surface area contributed by atoms with Gasteiger partial charge < -0.3 is 15.8 Å². The van der Waals surface area contributed by atoms with Gasteiger partial charge in [0, 0.05) is 18.2 Å². The summed E-state index contributed by atoms with van der Waals surface area (Å²) >= 11 is 0. The third kappa shape index (κ3) is 3.06. The van der Waals surface area contributed by atoms with Gasteiger partial charge in [0.05, 0.1) is 5.69 Å². The van der Waals surface area contributed by atoms with Gasteiger partial charge in [-0.05, 0) is 24.3 Å². The van der Waals surface area contributed by atoms with E-state index in [1.807, 2.05) is 0 Å². The van der Waals surface area contributed by atoms with Crippen molar-refractivity contribution in [1.29, 1.82) is 0 Å². The molecule has 0 aromatic heterocycles. The molecule has 0 saturated carbocycles. The molecule has 4 nitrogen and oxygen atoms in total. The number of hydrogen-bond acceptors (Lipinski definition) is 3. The molecular formula is C15H15FN2O2. The predicted molar refractivity (Wildman–Crippen MR) is 75.0 cm³/mol. The lowest BCUT2D eigenvalue weighted by Gasteiger charge is -2.10. The van der Waals surface area contributed by atoms with Crippen LogP contribution in [0.4, 0.5) is 10.1 Å². The van der Waals surface area contributed by atoms with Crippen LogP contribution >= 0.6 is 0 Å².